The number of carbonyl (C=O) groups is 2. The van der Waals surface area contributed by atoms with Gasteiger partial charge in [-0.1, -0.05) is 121 Å². The van der Waals surface area contributed by atoms with Gasteiger partial charge in [0.15, 0.2) is 12.1 Å². The van der Waals surface area contributed by atoms with Crippen molar-refractivity contribution in [3.05, 3.63) is 161 Å². The number of imide groups is 1. The molecule has 6 aromatic rings. The van der Waals surface area contributed by atoms with Crippen molar-refractivity contribution in [1.82, 2.24) is 4.98 Å². The minimum absolute atomic E-state index is 0.0481. The molecule has 0 radical (unpaired) electrons. The standard InChI is InChI=1S/C41H32N2O6S/c44-24-26-18-20-27(21-19-26)35-23-32(25-50-41-42-36(28-10-3-1-4-11-28)37(49-41)29-12-5-2-6-13-29)47-40(48-35)30-14-9-15-31(22-30)43-38(45)33-16-7-8-17-34(33)39(43)46/h1-22,32,35,40,44H,23-25H2/t32-,35+,40+/m1/s1. The van der Waals surface area contributed by atoms with Gasteiger partial charge < -0.3 is 19.0 Å². The fourth-order valence-electron chi connectivity index (χ4n) is 6.36. The normalized spacial score (nSPS) is 18.7. The second-order valence-corrected chi connectivity index (χ2v) is 13.1. The van der Waals surface area contributed by atoms with Crippen LogP contribution in [0.25, 0.3) is 22.6 Å². The van der Waals surface area contributed by atoms with Crippen LogP contribution >= 0.6 is 11.8 Å². The van der Waals surface area contributed by atoms with Crippen molar-refractivity contribution >= 4 is 29.3 Å². The zero-order chi connectivity index (χ0) is 34.0. The zero-order valence-corrected chi connectivity index (χ0v) is 27.7. The summed E-state index contributed by atoms with van der Waals surface area (Å²) in [6.45, 7) is -0.0481. The molecular weight excluding hydrogens is 649 g/mol. The molecule has 0 saturated carbocycles. The van der Waals surface area contributed by atoms with Crippen LogP contribution in [0.4, 0.5) is 5.69 Å². The van der Waals surface area contributed by atoms with Crippen molar-refractivity contribution in [2.24, 2.45) is 0 Å². The second-order valence-electron chi connectivity index (χ2n) is 12.1. The molecule has 1 aromatic heterocycles. The highest BCUT2D eigenvalue weighted by Crippen LogP contribution is 2.42. The average Bonchev–Trinajstić information content (AvgIpc) is 3.73. The van der Waals surface area contributed by atoms with E-state index < -0.39 is 6.29 Å². The Morgan fingerprint density at radius 1 is 0.720 bits per heavy atom. The minimum atomic E-state index is -0.781. The summed E-state index contributed by atoms with van der Waals surface area (Å²) in [6.07, 6.45) is -0.801. The SMILES string of the molecule is O=C1c2ccccc2C(=O)N1c1cccc([C@H]2O[C@@H](CSc3nc(-c4ccccc4)c(-c4ccccc4)o3)C[C@@H](c3ccc(CO)cc3)O2)c1. The van der Waals surface area contributed by atoms with E-state index in [9.17, 15) is 14.7 Å². The molecule has 5 aromatic carbocycles. The fraction of sp³-hybridized carbons (Fsp3) is 0.146. The molecule has 1 fully saturated rings. The Labute approximate surface area is 293 Å². The summed E-state index contributed by atoms with van der Waals surface area (Å²) in [5.41, 5.74) is 6.34. The number of fused-ring (bicyclic) bond motifs is 1. The van der Waals surface area contributed by atoms with E-state index in [-0.39, 0.29) is 30.6 Å². The summed E-state index contributed by atoms with van der Waals surface area (Å²) >= 11 is 1.48. The number of nitrogens with zero attached hydrogens (tertiary/aromatic N) is 2. The van der Waals surface area contributed by atoms with Crippen molar-refractivity contribution < 1.29 is 28.6 Å². The van der Waals surface area contributed by atoms with Gasteiger partial charge in [-0.15, -0.1) is 0 Å². The molecule has 50 heavy (non-hydrogen) atoms. The number of anilines is 1. The fourth-order valence-corrected chi connectivity index (χ4v) is 7.20. The Hall–Kier alpha value is -5.32. The van der Waals surface area contributed by atoms with E-state index >= 15 is 0 Å². The molecule has 8 nitrogen and oxygen atoms in total. The minimum Gasteiger partial charge on any atom is -0.431 e. The van der Waals surface area contributed by atoms with Crippen LogP contribution in [-0.2, 0) is 16.1 Å². The molecule has 1 N–H and O–H groups in total. The predicted molar refractivity (Wildman–Crippen MR) is 191 cm³/mol. The van der Waals surface area contributed by atoms with Gasteiger partial charge >= 0.3 is 0 Å². The zero-order valence-electron chi connectivity index (χ0n) is 26.8. The summed E-state index contributed by atoms with van der Waals surface area (Å²) in [7, 11) is 0. The van der Waals surface area contributed by atoms with Gasteiger partial charge in [0.25, 0.3) is 17.0 Å². The van der Waals surface area contributed by atoms with Gasteiger partial charge in [0.2, 0.25) is 0 Å². The largest absolute Gasteiger partial charge is 0.431 e. The lowest BCUT2D eigenvalue weighted by atomic mass is 10.0. The molecule has 0 aliphatic carbocycles. The topological polar surface area (TPSA) is 102 Å². The van der Waals surface area contributed by atoms with Gasteiger partial charge in [-0.3, -0.25) is 9.59 Å². The Bertz CT molecular complexity index is 2060. The third kappa shape index (κ3) is 6.28. The van der Waals surface area contributed by atoms with E-state index in [0.29, 0.717) is 45.5 Å². The smallest absolute Gasteiger partial charge is 0.266 e. The van der Waals surface area contributed by atoms with E-state index in [1.54, 1.807) is 42.5 Å². The number of hydrogen-bond acceptors (Lipinski definition) is 8. The van der Waals surface area contributed by atoms with Gasteiger partial charge in [0, 0.05) is 28.9 Å². The molecular formula is C41H32N2O6S. The van der Waals surface area contributed by atoms with E-state index in [4.69, 9.17) is 18.9 Å². The second kappa shape index (κ2) is 13.9. The predicted octanol–water partition coefficient (Wildman–Crippen LogP) is 8.64. The molecule has 0 spiro atoms. The van der Waals surface area contributed by atoms with Crippen molar-refractivity contribution in [3.8, 4) is 22.6 Å². The first-order chi connectivity index (χ1) is 24.6. The molecule has 3 heterocycles. The number of rotatable bonds is 9. The molecule has 1 saturated heterocycles. The highest BCUT2D eigenvalue weighted by Gasteiger charge is 2.38. The number of aliphatic hydroxyl groups excluding tert-OH is 1. The molecule has 2 amide bonds. The Balaban J connectivity index is 1.07. The lowest BCUT2D eigenvalue weighted by Gasteiger charge is -2.36. The van der Waals surface area contributed by atoms with Crippen molar-refractivity contribution in [3.63, 3.8) is 0 Å². The first-order valence-corrected chi connectivity index (χ1v) is 17.4. The lowest BCUT2D eigenvalue weighted by molar-refractivity contribution is -0.245. The summed E-state index contributed by atoms with van der Waals surface area (Å²) in [5.74, 6) is 0.517. The molecule has 0 bridgehead atoms. The molecule has 8 rings (SSSR count). The first kappa shape index (κ1) is 31.9. The van der Waals surface area contributed by atoms with Crippen LogP contribution < -0.4 is 4.90 Å². The van der Waals surface area contributed by atoms with Crippen LogP contribution in [0.1, 0.15) is 56.2 Å². The molecule has 2 aliphatic heterocycles. The number of carbonyl (C=O) groups excluding carboxylic acids is 2. The van der Waals surface area contributed by atoms with Crippen LogP contribution in [0.5, 0.6) is 0 Å². The quantitative estimate of drug-likeness (QED) is 0.120. The van der Waals surface area contributed by atoms with Crippen LogP contribution in [0.3, 0.4) is 0 Å². The maximum atomic E-state index is 13.3. The van der Waals surface area contributed by atoms with Gasteiger partial charge in [-0.05, 0) is 35.4 Å². The van der Waals surface area contributed by atoms with Crippen molar-refractivity contribution in [2.75, 3.05) is 10.7 Å². The van der Waals surface area contributed by atoms with Gasteiger partial charge in [-0.2, -0.15) is 0 Å². The van der Waals surface area contributed by atoms with Crippen molar-refractivity contribution in [2.45, 2.75) is 36.7 Å². The molecule has 248 valence electrons. The molecule has 0 unspecified atom stereocenters. The number of aromatic nitrogens is 1. The van der Waals surface area contributed by atoms with E-state index in [0.717, 1.165) is 27.9 Å². The van der Waals surface area contributed by atoms with E-state index in [1.807, 2.05) is 91.0 Å². The number of thioether (sulfide) groups is 1. The van der Waals surface area contributed by atoms with Crippen LogP contribution in [0, 0.1) is 0 Å². The lowest BCUT2D eigenvalue weighted by Crippen LogP contribution is -2.32. The molecule has 3 atom stereocenters. The number of ether oxygens (including phenoxy) is 2. The first-order valence-electron chi connectivity index (χ1n) is 16.4. The van der Waals surface area contributed by atoms with Crippen LogP contribution in [0.15, 0.2) is 143 Å². The Morgan fingerprint density at radius 2 is 1.38 bits per heavy atom. The third-order valence-corrected chi connectivity index (χ3v) is 9.85. The highest BCUT2D eigenvalue weighted by atomic mass is 32.2. The number of oxazole rings is 1. The Morgan fingerprint density at radius 3 is 2.06 bits per heavy atom. The third-order valence-electron chi connectivity index (χ3n) is 8.89. The monoisotopic (exact) mass is 680 g/mol. The van der Waals surface area contributed by atoms with Gasteiger partial charge in [0.1, 0.15) is 5.69 Å². The maximum absolute atomic E-state index is 13.3. The Kier molecular flexibility index (Phi) is 8.87. The van der Waals surface area contributed by atoms with Crippen LogP contribution in [0.2, 0.25) is 0 Å². The summed E-state index contributed by atoms with van der Waals surface area (Å²) in [6, 6.07) is 41.7. The number of hydrogen-bond donors (Lipinski definition) is 1. The number of amides is 2. The maximum Gasteiger partial charge on any atom is 0.266 e. The number of benzene rings is 5. The van der Waals surface area contributed by atoms with Gasteiger partial charge in [0.05, 0.1) is 35.6 Å². The summed E-state index contributed by atoms with van der Waals surface area (Å²) in [5, 5.41) is 10.1. The molecule has 2 aliphatic rings. The summed E-state index contributed by atoms with van der Waals surface area (Å²) in [4.78, 5) is 32.7. The van der Waals surface area contributed by atoms with Gasteiger partial charge in [-0.25, -0.2) is 9.88 Å². The number of aliphatic hydroxyl groups is 1. The highest BCUT2D eigenvalue weighted by molar-refractivity contribution is 7.99. The summed E-state index contributed by atoms with van der Waals surface area (Å²) < 4.78 is 19.5. The molecule has 9 heteroatoms. The average molecular weight is 681 g/mol. The van der Waals surface area contributed by atoms with Crippen molar-refractivity contribution in [1.29, 1.82) is 0 Å². The van der Waals surface area contributed by atoms with E-state index in [1.165, 1.54) is 16.7 Å². The van der Waals surface area contributed by atoms with E-state index in [2.05, 4.69) is 0 Å². The van der Waals surface area contributed by atoms with Crippen LogP contribution in [-0.4, -0.2) is 33.8 Å².